The second-order valence-electron chi connectivity index (χ2n) is 5.37. The minimum Gasteiger partial charge on any atom is -0.484 e. The van der Waals surface area contributed by atoms with Crippen LogP contribution in [-0.4, -0.2) is 24.1 Å². The molecule has 0 bridgehead atoms. The van der Waals surface area contributed by atoms with Crippen LogP contribution in [0.1, 0.15) is 13.3 Å². The van der Waals surface area contributed by atoms with Crippen molar-refractivity contribution in [3.05, 3.63) is 58.6 Å². The maximum Gasteiger partial charge on any atom is 0.277 e. The molecule has 0 atom stereocenters. The number of nitrogens with one attached hydrogen (secondary N) is 2. The lowest BCUT2D eigenvalue weighted by atomic mass is 10.2. The number of benzene rings is 2. The molecule has 0 fully saturated rings. The fraction of sp³-hybridized carbons (Fsp3) is 0.167. The van der Waals surface area contributed by atoms with Gasteiger partial charge < -0.3 is 10.1 Å². The number of amides is 2. The Hall–Kier alpha value is -2.57. The van der Waals surface area contributed by atoms with E-state index in [4.69, 9.17) is 27.9 Å². The largest absolute Gasteiger partial charge is 0.484 e. The fourth-order valence-corrected chi connectivity index (χ4v) is 2.48. The van der Waals surface area contributed by atoms with Gasteiger partial charge in [0.25, 0.3) is 5.91 Å². The lowest BCUT2D eigenvalue weighted by molar-refractivity contribution is -0.123. The quantitative estimate of drug-likeness (QED) is 0.552. The smallest absolute Gasteiger partial charge is 0.277 e. The minimum atomic E-state index is -0.421. The van der Waals surface area contributed by atoms with Crippen molar-refractivity contribution in [1.82, 2.24) is 5.43 Å². The van der Waals surface area contributed by atoms with Gasteiger partial charge in [-0.3, -0.25) is 9.59 Å². The van der Waals surface area contributed by atoms with Crippen LogP contribution in [0.25, 0.3) is 0 Å². The topological polar surface area (TPSA) is 79.8 Å². The van der Waals surface area contributed by atoms with Gasteiger partial charge in [-0.15, -0.1) is 0 Å². The van der Waals surface area contributed by atoms with Gasteiger partial charge in [0.15, 0.2) is 6.61 Å². The molecule has 136 valence electrons. The average molecular weight is 394 g/mol. The van der Waals surface area contributed by atoms with Gasteiger partial charge in [0, 0.05) is 21.4 Å². The summed E-state index contributed by atoms with van der Waals surface area (Å²) in [6.07, 6.45) is 0.00392. The Morgan fingerprint density at radius 2 is 1.69 bits per heavy atom. The van der Waals surface area contributed by atoms with E-state index in [0.717, 1.165) is 0 Å². The number of halogens is 2. The molecular formula is C18H17Cl2N3O3. The minimum absolute atomic E-state index is 0.00392. The molecule has 8 heteroatoms. The molecule has 2 N–H and O–H groups in total. The van der Waals surface area contributed by atoms with E-state index in [-0.39, 0.29) is 18.9 Å². The van der Waals surface area contributed by atoms with Crippen molar-refractivity contribution >= 4 is 46.4 Å². The zero-order chi connectivity index (χ0) is 18.9. The molecule has 0 unspecified atom stereocenters. The van der Waals surface area contributed by atoms with Gasteiger partial charge in [0.1, 0.15) is 5.75 Å². The zero-order valence-electron chi connectivity index (χ0n) is 14.0. The first kappa shape index (κ1) is 19.8. The maximum atomic E-state index is 12.0. The number of carbonyl (C=O) groups excluding carboxylic acids is 2. The molecule has 0 heterocycles. The van der Waals surface area contributed by atoms with Crippen molar-refractivity contribution < 1.29 is 14.3 Å². The van der Waals surface area contributed by atoms with Crippen LogP contribution < -0.4 is 15.5 Å². The summed E-state index contributed by atoms with van der Waals surface area (Å²) in [7, 11) is 0. The van der Waals surface area contributed by atoms with Crippen LogP contribution in [0.3, 0.4) is 0 Å². The number of ether oxygens (including phenoxy) is 1. The molecule has 0 aliphatic rings. The van der Waals surface area contributed by atoms with Crippen LogP contribution >= 0.6 is 23.2 Å². The van der Waals surface area contributed by atoms with Gasteiger partial charge >= 0.3 is 0 Å². The van der Waals surface area contributed by atoms with Crippen LogP contribution in [0.4, 0.5) is 5.69 Å². The van der Waals surface area contributed by atoms with Crippen molar-refractivity contribution in [2.75, 3.05) is 11.9 Å². The Morgan fingerprint density at radius 1 is 1.04 bits per heavy atom. The molecule has 0 radical (unpaired) electrons. The molecule has 2 aromatic rings. The van der Waals surface area contributed by atoms with Gasteiger partial charge in [-0.1, -0.05) is 41.4 Å². The van der Waals surface area contributed by atoms with Gasteiger partial charge in [-0.25, -0.2) is 5.43 Å². The lowest BCUT2D eigenvalue weighted by Crippen LogP contribution is -2.26. The third-order valence-electron chi connectivity index (χ3n) is 3.05. The van der Waals surface area contributed by atoms with Gasteiger partial charge in [-0.05, 0) is 37.3 Å². The Balaban J connectivity index is 1.77. The molecule has 0 saturated carbocycles. The van der Waals surface area contributed by atoms with Crippen LogP contribution in [0.2, 0.25) is 10.0 Å². The van der Waals surface area contributed by atoms with Gasteiger partial charge in [-0.2, -0.15) is 5.10 Å². The monoisotopic (exact) mass is 393 g/mol. The van der Waals surface area contributed by atoms with Crippen LogP contribution in [0.15, 0.2) is 53.6 Å². The number of hydrogen-bond donors (Lipinski definition) is 2. The highest BCUT2D eigenvalue weighted by Crippen LogP contribution is 2.22. The molecule has 2 aromatic carbocycles. The predicted molar refractivity (Wildman–Crippen MR) is 103 cm³/mol. The highest BCUT2D eigenvalue weighted by atomic mass is 35.5. The number of nitrogens with zero attached hydrogens (tertiary/aromatic N) is 1. The fourth-order valence-electron chi connectivity index (χ4n) is 1.96. The second kappa shape index (κ2) is 9.79. The van der Waals surface area contributed by atoms with Crippen molar-refractivity contribution in [3.63, 3.8) is 0 Å². The van der Waals surface area contributed by atoms with E-state index in [1.165, 1.54) is 0 Å². The molecule has 0 aliphatic carbocycles. The second-order valence-corrected chi connectivity index (χ2v) is 6.24. The van der Waals surface area contributed by atoms with Crippen LogP contribution in [-0.2, 0) is 9.59 Å². The first-order chi connectivity index (χ1) is 12.4. The summed E-state index contributed by atoms with van der Waals surface area (Å²) in [5, 5.41) is 7.38. The first-order valence-electron chi connectivity index (χ1n) is 7.68. The third-order valence-corrected chi connectivity index (χ3v) is 3.48. The van der Waals surface area contributed by atoms with Crippen molar-refractivity contribution in [2.45, 2.75) is 13.3 Å². The number of rotatable bonds is 7. The van der Waals surface area contributed by atoms with E-state index in [0.29, 0.717) is 27.2 Å². The maximum absolute atomic E-state index is 12.0. The van der Waals surface area contributed by atoms with Crippen LogP contribution in [0.5, 0.6) is 5.75 Å². The molecular weight excluding hydrogens is 377 g/mol. The lowest BCUT2D eigenvalue weighted by Gasteiger charge is -2.07. The summed E-state index contributed by atoms with van der Waals surface area (Å²) < 4.78 is 5.30. The van der Waals surface area contributed by atoms with E-state index in [1.807, 2.05) is 6.07 Å². The summed E-state index contributed by atoms with van der Waals surface area (Å²) in [5.74, 6) is -0.141. The molecule has 26 heavy (non-hydrogen) atoms. The summed E-state index contributed by atoms with van der Waals surface area (Å²) in [6, 6.07) is 13.7. The van der Waals surface area contributed by atoms with Crippen molar-refractivity contribution in [3.8, 4) is 5.75 Å². The van der Waals surface area contributed by atoms with Crippen molar-refractivity contribution in [2.24, 2.45) is 5.10 Å². The Bertz CT molecular complexity index is 790. The van der Waals surface area contributed by atoms with E-state index >= 15 is 0 Å². The average Bonchev–Trinajstić information content (AvgIpc) is 2.58. The summed E-state index contributed by atoms with van der Waals surface area (Å²) in [6.45, 7) is 1.46. The van der Waals surface area contributed by atoms with E-state index in [1.54, 1.807) is 49.4 Å². The molecule has 6 nitrogen and oxygen atoms in total. The number of para-hydroxylation sites is 1. The molecule has 2 amide bonds. The number of anilines is 1. The zero-order valence-corrected chi connectivity index (χ0v) is 15.5. The summed E-state index contributed by atoms with van der Waals surface area (Å²) >= 11 is 11.8. The van der Waals surface area contributed by atoms with Gasteiger partial charge in [0.2, 0.25) is 5.91 Å². The van der Waals surface area contributed by atoms with E-state index in [2.05, 4.69) is 15.8 Å². The van der Waals surface area contributed by atoms with Crippen LogP contribution in [0, 0.1) is 0 Å². The molecule has 0 spiro atoms. The Kier molecular flexibility index (Phi) is 7.44. The standard InChI is InChI=1S/C18H17Cl2N3O3/c1-12(7-17(24)21-15-9-13(19)8-14(20)10-15)22-23-18(25)11-26-16-5-3-2-4-6-16/h2-6,8-10H,7,11H2,1H3,(H,21,24)(H,23,25). The molecule has 0 aliphatic heterocycles. The van der Waals surface area contributed by atoms with E-state index < -0.39 is 5.91 Å². The highest BCUT2D eigenvalue weighted by molar-refractivity contribution is 6.35. The SMILES string of the molecule is CC(CC(=O)Nc1cc(Cl)cc(Cl)c1)=NNC(=O)COc1ccccc1. The first-order valence-corrected chi connectivity index (χ1v) is 8.44. The summed E-state index contributed by atoms with van der Waals surface area (Å²) in [4.78, 5) is 23.7. The normalized spacial score (nSPS) is 11.0. The predicted octanol–water partition coefficient (Wildman–Crippen LogP) is 3.89. The third kappa shape index (κ3) is 7.13. The van der Waals surface area contributed by atoms with E-state index in [9.17, 15) is 9.59 Å². The molecule has 2 rings (SSSR count). The van der Waals surface area contributed by atoms with Crippen molar-refractivity contribution in [1.29, 1.82) is 0 Å². The number of hydrogen-bond acceptors (Lipinski definition) is 4. The highest BCUT2D eigenvalue weighted by Gasteiger charge is 2.07. The molecule has 0 saturated heterocycles. The Labute approximate surface area is 161 Å². The summed E-state index contributed by atoms with van der Waals surface area (Å²) in [5.41, 5.74) is 3.26. The number of hydrazone groups is 1. The molecule has 0 aromatic heterocycles. The van der Waals surface area contributed by atoms with Gasteiger partial charge in [0.05, 0.1) is 6.42 Å². The Morgan fingerprint density at radius 3 is 2.35 bits per heavy atom. The number of carbonyl (C=O) groups is 2.